The number of hydrogen-bond acceptors (Lipinski definition) is 3. The number of rotatable bonds is 3. The van der Waals surface area contributed by atoms with Crippen molar-refractivity contribution in [2.24, 2.45) is 0 Å². The van der Waals surface area contributed by atoms with Gasteiger partial charge in [0.2, 0.25) is 0 Å². The first kappa shape index (κ1) is 14.7. The summed E-state index contributed by atoms with van der Waals surface area (Å²) in [6.45, 7) is 0.932. The van der Waals surface area contributed by atoms with Crippen LogP contribution in [0.5, 0.6) is 0 Å². The molecule has 0 bridgehead atoms. The fraction of sp³-hybridized carbons (Fsp3) is 0.350. The van der Waals surface area contributed by atoms with Gasteiger partial charge in [0.25, 0.3) is 0 Å². The van der Waals surface area contributed by atoms with Gasteiger partial charge >= 0.3 is 0 Å². The normalized spacial score (nSPS) is 25.5. The molecule has 0 amide bonds. The molecule has 116 valence electrons. The van der Waals surface area contributed by atoms with Gasteiger partial charge < -0.3 is 4.90 Å². The van der Waals surface area contributed by atoms with E-state index < -0.39 is 0 Å². The molecule has 1 heterocycles. The Balaban J connectivity index is 1.73. The van der Waals surface area contributed by atoms with Crippen molar-refractivity contribution in [1.29, 1.82) is 5.26 Å². The summed E-state index contributed by atoms with van der Waals surface area (Å²) >= 11 is 1.48. The van der Waals surface area contributed by atoms with Gasteiger partial charge in [-0.1, -0.05) is 55.0 Å². The van der Waals surface area contributed by atoms with E-state index >= 15 is 0 Å². The van der Waals surface area contributed by atoms with E-state index in [1.165, 1.54) is 41.4 Å². The van der Waals surface area contributed by atoms with Crippen molar-refractivity contribution in [3.63, 3.8) is 0 Å². The number of nitriles is 1. The Morgan fingerprint density at radius 1 is 1.04 bits per heavy atom. The summed E-state index contributed by atoms with van der Waals surface area (Å²) in [5.74, 6) is 0.578. The average Bonchev–Trinajstić information content (AvgIpc) is 2.92. The molecule has 1 aliphatic carbocycles. The number of fused-ring (bicyclic) bond motifs is 3. The maximum atomic E-state index is 9.23. The first-order chi connectivity index (χ1) is 11.4. The fourth-order valence-corrected chi connectivity index (χ4v) is 5.18. The van der Waals surface area contributed by atoms with Crippen molar-refractivity contribution in [1.82, 2.24) is 0 Å². The molecule has 2 aromatic carbocycles. The number of hydrogen-bond donors (Lipinski definition) is 0. The zero-order valence-corrected chi connectivity index (χ0v) is 13.9. The lowest BCUT2D eigenvalue weighted by Crippen LogP contribution is -2.43. The van der Waals surface area contributed by atoms with Crippen LogP contribution in [-0.4, -0.2) is 11.3 Å². The molecule has 1 fully saturated rings. The lowest BCUT2D eigenvalue weighted by molar-refractivity contribution is 0.396. The van der Waals surface area contributed by atoms with Gasteiger partial charge in [0.05, 0.1) is 0 Å². The lowest BCUT2D eigenvalue weighted by atomic mass is 9.82. The maximum Gasteiger partial charge on any atom is 0.133 e. The van der Waals surface area contributed by atoms with Crippen LogP contribution in [-0.2, 0) is 6.54 Å². The SMILES string of the molecule is N#CSC1CCCC2c3ccccc3N(Cc3ccccc3)C12. The van der Waals surface area contributed by atoms with E-state index in [1.54, 1.807) is 0 Å². The van der Waals surface area contributed by atoms with Gasteiger partial charge in [-0.05, 0) is 41.8 Å². The number of benzene rings is 2. The first-order valence-electron chi connectivity index (χ1n) is 8.32. The van der Waals surface area contributed by atoms with Gasteiger partial charge in [0.15, 0.2) is 0 Å². The Hall–Kier alpha value is -1.92. The molecule has 0 saturated heterocycles. The van der Waals surface area contributed by atoms with Gasteiger partial charge in [-0.25, -0.2) is 0 Å². The average molecular weight is 320 g/mol. The van der Waals surface area contributed by atoms with Crippen LogP contribution in [0.15, 0.2) is 54.6 Å². The second-order valence-electron chi connectivity index (χ2n) is 6.45. The highest BCUT2D eigenvalue weighted by Crippen LogP contribution is 2.50. The van der Waals surface area contributed by atoms with E-state index in [0.717, 1.165) is 13.0 Å². The van der Waals surface area contributed by atoms with Crippen molar-refractivity contribution in [3.8, 4) is 5.40 Å². The largest absolute Gasteiger partial charge is 0.362 e. The van der Waals surface area contributed by atoms with Crippen LogP contribution >= 0.6 is 11.8 Å². The van der Waals surface area contributed by atoms with E-state index in [4.69, 9.17) is 0 Å². The number of thioether (sulfide) groups is 1. The van der Waals surface area contributed by atoms with E-state index in [9.17, 15) is 5.26 Å². The van der Waals surface area contributed by atoms with E-state index in [0.29, 0.717) is 17.2 Å². The monoisotopic (exact) mass is 320 g/mol. The zero-order valence-electron chi connectivity index (χ0n) is 13.1. The van der Waals surface area contributed by atoms with Crippen molar-refractivity contribution in [3.05, 3.63) is 65.7 Å². The number of para-hydroxylation sites is 1. The Kier molecular flexibility index (Phi) is 4.01. The van der Waals surface area contributed by atoms with Gasteiger partial charge in [-0.3, -0.25) is 0 Å². The van der Waals surface area contributed by atoms with E-state index in [2.05, 4.69) is 64.9 Å². The number of nitrogens with zero attached hydrogens (tertiary/aromatic N) is 2. The maximum absolute atomic E-state index is 9.23. The summed E-state index contributed by atoms with van der Waals surface area (Å²) in [4.78, 5) is 2.56. The van der Waals surface area contributed by atoms with Gasteiger partial charge in [0.1, 0.15) is 5.40 Å². The predicted octanol–water partition coefficient (Wildman–Crippen LogP) is 4.93. The Morgan fingerprint density at radius 2 is 1.83 bits per heavy atom. The third-order valence-electron chi connectivity index (χ3n) is 5.20. The molecule has 0 aromatic heterocycles. The molecule has 2 nitrogen and oxygen atoms in total. The summed E-state index contributed by atoms with van der Waals surface area (Å²) < 4.78 is 0. The second-order valence-corrected chi connectivity index (χ2v) is 7.47. The Morgan fingerprint density at radius 3 is 2.65 bits per heavy atom. The fourth-order valence-electron chi connectivity index (χ4n) is 4.29. The van der Waals surface area contributed by atoms with Crippen LogP contribution in [0.2, 0.25) is 0 Å². The molecular weight excluding hydrogens is 300 g/mol. The van der Waals surface area contributed by atoms with Crippen LogP contribution in [0, 0.1) is 10.7 Å². The molecule has 2 aromatic rings. The molecule has 2 aliphatic rings. The van der Waals surface area contributed by atoms with Gasteiger partial charge in [-0.2, -0.15) is 5.26 Å². The van der Waals surface area contributed by atoms with Crippen LogP contribution in [0.25, 0.3) is 0 Å². The topological polar surface area (TPSA) is 27.0 Å². The number of anilines is 1. The van der Waals surface area contributed by atoms with Crippen molar-refractivity contribution < 1.29 is 0 Å². The molecule has 0 radical (unpaired) electrons. The van der Waals surface area contributed by atoms with Gasteiger partial charge in [0, 0.05) is 29.4 Å². The van der Waals surface area contributed by atoms with Crippen molar-refractivity contribution in [2.45, 2.75) is 43.0 Å². The third-order valence-corrected chi connectivity index (χ3v) is 6.13. The summed E-state index contributed by atoms with van der Waals surface area (Å²) in [6.07, 6.45) is 3.63. The molecule has 3 unspecified atom stereocenters. The second kappa shape index (κ2) is 6.29. The Bertz CT molecular complexity index is 722. The van der Waals surface area contributed by atoms with E-state index in [1.807, 2.05) is 0 Å². The minimum Gasteiger partial charge on any atom is -0.362 e. The molecule has 0 N–H and O–H groups in total. The van der Waals surface area contributed by atoms with Crippen LogP contribution < -0.4 is 4.90 Å². The highest BCUT2D eigenvalue weighted by atomic mass is 32.2. The molecule has 3 atom stereocenters. The van der Waals surface area contributed by atoms with Gasteiger partial charge in [-0.15, -0.1) is 0 Å². The van der Waals surface area contributed by atoms with Crippen LogP contribution in [0.3, 0.4) is 0 Å². The molecule has 23 heavy (non-hydrogen) atoms. The predicted molar refractivity (Wildman–Crippen MR) is 96.4 cm³/mol. The summed E-state index contributed by atoms with van der Waals surface area (Å²) in [5, 5.41) is 12.0. The number of thiocyanates is 1. The highest BCUT2D eigenvalue weighted by Gasteiger charge is 2.44. The van der Waals surface area contributed by atoms with Crippen molar-refractivity contribution in [2.75, 3.05) is 4.90 Å². The smallest absolute Gasteiger partial charge is 0.133 e. The van der Waals surface area contributed by atoms with Crippen molar-refractivity contribution >= 4 is 17.4 Å². The quantitative estimate of drug-likeness (QED) is 0.751. The molecule has 0 spiro atoms. The minimum absolute atomic E-state index is 0.412. The zero-order chi connectivity index (χ0) is 15.6. The first-order valence-corrected chi connectivity index (χ1v) is 9.20. The van der Waals surface area contributed by atoms with Crippen LogP contribution in [0.4, 0.5) is 5.69 Å². The molecular formula is C20H20N2S. The minimum atomic E-state index is 0.412. The third kappa shape index (κ3) is 2.62. The lowest BCUT2D eigenvalue weighted by Gasteiger charge is -2.38. The summed E-state index contributed by atoms with van der Waals surface area (Å²) in [6, 6.07) is 20.0. The molecule has 4 rings (SSSR count). The Labute approximate surface area is 142 Å². The standard InChI is InChI=1S/C20H20N2S/c21-14-23-19-12-6-10-17-16-9-4-5-11-18(16)22(20(17)19)13-15-7-2-1-3-8-15/h1-5,7-9,11,17,19-20H,6,10,12-13H2. The van der Waals surface area contributed by atoms with Crippen LogP contribution in [0.1, 0.15) is 36.3 Å². The summed E-state index contributed by atoms with van der Waals surface area (Å²) in [7, 11) is 0. The molecule has 3 heteroatoms. The molecule has 1 aliphatic heterocycles. The van der Waals surface area contributed by atoms with E-state index in [-0.39, 0.29) is 0 Å². The molecule has 1 saturated carbocycles. The summed E-state index contributed by atoms with van der Waals surface area (Å²) in [5.41, 5.74) is 4.20. The highest BCUT2D eigenvalue weighted by molar-refractivity contribution is 8.04.